The number of aliphatic hydroxyl groups is 1. The summed E-state index contributed by atoms with van der Waals surface area (Å²) in [6.45, 7) is 7.98. The lowest BCUT2D eigenvalue weighted by Gasteiger charge is -2.55. The highest BCUT2D eigenvalue weighted by molar-refractivity contribution is 6.01. The van der Waals surface area contributed by atoms with E-state index in [0.29, 0.717) is 18.2 Å². The molecule has 1 saturated carbocycles. The predicted octanol–water partition coefficient (Wildman–Crippen LogP) is 2.97. The van der Waals surface area contributed by atoms with E-state index in [1.165, 1.54) is 0 Å². The van der Waals surface area contributed by atoms with Crippen molar-refractivity contribution in [3.8, 4) is 5.75 Å². The van der Waals surface area contributed by atoms with E-state index < -0.39 is 0 Å². The number of nitrogens with one attached hydrogen (secondary N) is 1. The first-order valence-electron chi connectivity index (χ1n) is 8.88. The Balaban J connectivity index is 1.66. The molecule has 0 bridgehead atoms. The molecule has 0 unspecified atom stereocenters. The fourth-order valence-corrected chi connectivity index (χ4v) is 5.30. The molecule has 2 aliphatic rings. The molecule has 0 spiro atoms. The van der Waals surface area contributed by atoms with Gasteiger partial charge in [0.15, 0.2) is 0 Å². The van der Waals surface area contributed by atoms with Crippen LogP contribution in [0.5, 0.6) is 5.75 Å². The molecule has 1 aromatic heterocycles. The van der Waals surface area contributed by atoms with E-state index >= 15 is 0 Å². The molecule has 5 heteroatoms. The van der Waals surface area contributed by atoms with E-state index in [1.54, 1.807) is 7.11 Å². The summed E-state index contributed by atoms with van der Waals surface area (Å²) < 4.78 is 5.30. The number of aromatic amines is 1. The quantitative estimate of drug-likeness (QED) is 0.901. The number of methoxy groups -OCH3 is 1. The Morgan fingerprint density at radius 3 is 2.80 bits per heavy atom. The summed E-state index contributed by atoms with van der Waals surface area (Å²) in [4.78, 5) is 18.4. The summed E-state index contributed by atoms with van der Waals surface area (Å²) in [5, 5.41) is 10.9. The second kappa shape index (κ2) is 5.24. The Labute approximate surface area is 148 Å². The number of nitrogens with zero attached hydrogens (tertiary/aromatic N) is 1. The normalized spacial score (nSPS) is 27.2. The molecular formula is C20H26N2O3. The first-order valence-corrected chi connectivity index (χ1v) is 8.88. The molecule has 1 aromatic carbocycles. The lowest BCUT2D eigenvalue weighted by atomic mass is 9.48. The van der Waals surface area contributed by atoms with Crippen LogP contribution in [0, 0.1) is 23.7 Å². The minimum Gasteiger partial charge on any atom is -0.497 e. The van der Waals surface area contributed by atoms with Gasteiger partial charge in [-0.3, -0.25) is 4.79 Å². The number of aliphatic hydroxyl groups excluding tert-OH is 1. The van der Waals surface area contributed by atoms with Crippen LogP contribution in [0.2, 0.25) is 0 Å². The molecule has 0 radical (unpaired) electrons. The zero-order valence-corrected chi connectivity index (χ0v) is 15.3. The molecule has 2 aromatic rings. The number of hydrogen-bond donors (Lipinski definition) is 2. The number of H-pyrrole nitrogens is 1. The number of carbonyl (C=O) groups is 1. The molecule has 2 heterocycles. The summed E-state index contributed by atoms with van der Waals surface area (Å²) in [6, 6.07) is 5.81. The molecule has 134 valence electrons. The topological polar surface area (TPSA) is 65.6 Å². The van der Waals surface area contributed by atoms with Crippen LogP contribution < -0.4 is 4.74 Å². The Kier molecular flexibility index (Phi) is 3.45. The van der Waals surface area contributed by atoms with Gasteiger partial charge < -0.3 is 19.7 Å². The third kappa shape index (κ3) is 2.21. The molecule has 1 aliphatic carbocycles. The molecule has 1 aliphatic heterocycles. The minimum atomic E-state index is -0.109. The third-order valence-electron chi connectivity index (χ3n) is 6.48. The van der Waals surface area contributed by atoms with E-state index in [9.17, 15) is 9.90 Å². The van der Waals surface area contributed by atoms with Crippen molar-refractivity contribution in [1.82, 2.24) is 9.88 Å². The minimum absolute atomic E-state index is 0.0330. The molecule has 2 atom stereocenters. The standard InChI is InChI=1S/C20H26N2O3/c1-12-14-7-13(25-4)5-6-15(14)21-17(12)18(24)22-8-16-19(2,3)9-20(16,10-22)11-23/h5-7,16,21,23H,8-11H2,1-4H3/t16-,20-/m1/s1. The number of hydrogen-bond acceptors (Lipinski definition) is 3. The number of rotatable bonds is 3. The summed E-state index contributed by atoms with van der Waals surface area (Å²) in [5.41, 5.74) is 2.63. The average molecular weight is 342 g/mol. The number of aromatic nitrogens is 1. The monoisotopic (exact) mass is 342 g/mol. The highest BCUT2D eigenvalue weighted by atomic mass is 16.5. The summed E-state index contributed by atoms with van der Waals surface area (Å²) in [7, 11) is 1.64. The summed E-state index contributed by atoms with van der Waals surface area (Å²) in [6.07, 6.45) is 0.980. The maximum absolute atomic E-state index is 13.2. The number of carbonyl (C=O) groups excluding carboxylic acids is 1. The van der Waals surface area contributed by atoms with Gasteiger partial charge in [-0.25, -0.2) is 0 Å². The fourth-order valence-electron chi connectivity index (χ4n) is 5.30. The lowest BCUT2D eigenvalue weighted by molar-refractivity contribution is -0.0977. The Hall–Kier alpha value is -2.01. The molecule has 2 fully saturated rings. The Morgan fingerprint density at radius 1 is 1.44 bits per heavy atom. The predicted molar refractivity (Wildman–Crippen MR) is 96.9 cm³/mol. The van der Waals surface area contributed by atoms with Crippen molar-refractivity contribution >= 4 is 16.8 Å². The van der Waals surface area contributed by atoms with E-state index in [-0.39, 0.29) is 23.3 Å². The third-order valence-corrected chi connectivity index (χ3v) is 6.48. The smallest absolute Gasteiger partial charge is 0.270 e. The molecule has 2 N–H and O–H groups in total. The van der Waals surface area contributed by atoms with Gasteiger partial charge in [-0.05, 0) is 48.4 Å². The van der Waals surface area contributed by atoms with Crippen molar-refractivity contribution in [2.24, 2.45) is 16.7 Å². The fraction of sp³-hybridized carbons (Fsp3) is 0.550. The summed E-state index contributed by atoms with van der Waals surface area (Å²) >= 11 is 0. The number of amides is 1. The van der Waals surface area contributed by atoms with Gasteiger partial charge in [0, 0.05) is 29.4 Å². The second-order valence-electron chi connectivity index (χ2n) is 8.46. The highest BCUT2D eigenvalue weighted by Crippen LogP contribution is 2.62. The van der Waals surface area contributed by atoms with Crippen LogP contribution in [-0.4, -0.2) is 47.7 Å². The van der Waals surface area contributed by atoms with Crippen LogP contribution in [0.4, 0.5) is 0 Å². The van der Waals surface area contributed by atoms with Gasteiger partial charge in [0.1, 0.15) is 11.4 Å². The van der Waals surface area contributed by atoms with E-state index in [1.807, 2.05) is 30.0 Å². The molecule has 5 nitrogen and oxygen atoms in total. The van der Waals surface area contributed by atoms with Crippen LogP contribution in [0.15, 0.2) is 18.2 Å². The molecule has 25 heavy (non-hydrogen) atoms. The van der Waals surface area contributed by atoms with Crippen molar-refractivity contribution < 1.29 is 14.6 Å². The van der Waals surface area contributed by atoms with Crippen molar-refractivity contribution in [2.75, 3.05) is 26.8 Å². The number of likely N-dealkylation sites (tertiary alicyclic amines) is 1. The number of fused-ring (bicyclic) bond motifs is 2. The van der Waals surface area contributed by atoms with Gasteiger partial charge in [0.25, 0.3) is 5.91 Å². The number of benzene rings is 1. The van der Waals surface area contributed by atoms with Gasteiger partial charge in [-0.2, -0.15) is 0 Å². The van der Waals surface area contributed by atoms with E-state index in [0.717, 1.165) is 35.2 Å². The first-order chi connectivity index (χ1) is 11.8. The summed E-state index contributed by atoms with van der Waals surface area (Å²) in [5.74, 6) is 1.19. The zero-order chi connectivity index (χ0) is 18.0. The van der Waals surface area contributed by atoms with Gasteiger partial charge in [0.2, 0.25) is 0 Å². The first kappa shape index (κ1) is 16.5. The van der Waals surface area contributed by atoms with E-state index in [4.69, 9.17) is 4.74 Å². The SMILES string of the molecule is COc1ccc2[nH]c(C(=O)N3C[C@@H]4C(C)(C)C[C@]4(CO)C3)c(C)c2c1. The van der Waals surface area contributed by atoms with Crippen molar-refractivity contribution in [2.45, 2.75) is 27.2 Å². The van der Waals surface area contributed by atoms with Gasteiger partial charge >= 0.3 is 0 Å². The van der Waals surface area contributed by atoms with Crippen LogP contribution in [0.25, 0.3) is 10.9 Å². The molecule has 4 rings (SSSR count). The largest absolute Gasteiger partial charge is 0.497 e. The van der Waals surface area contributed by atoms with Gasteiger partial charge in [-0.15, -0.1) is 0 Å². The number of ether oxygens (including phenoxy) is 1. The van der Waals surface area contributed by atoms with Crippen LogP contribution in [-0.2, 0) is 0 Å². The highest BCUT2D eigenvalue weighted by Gasteiger charge is 2.63. The number of aryl methyl sites for hydroxylation is 1. The van der Waals surface area contributed by atoms with E-state index in [2.05, 4.69) is 18.8 Å². The van der Waals surface area contributed by atoms with Gasteiger partial charge in [-0.1, -0.05) is 13.8 Å². The van der Waals surface area contributed by atoms with Crippen molar-refractivity contribution in [3.63, 3.8) is 0 Å². The maximum atomic E-state index is 13.2. The Bertz CT molecular complexity index is 854. The van der Waals surface area contributed by atoms with Gasteiger partial charge in [0.05, 0.1) is 13.7 Å². The van der Waals surface area contributed by atoms with Crippen molar-refractivity contribution in [1.29, 1.82) is 0 Å². The average Bonchev–Trinajstić information content (AvgIpc) is 3.10. The van der Waals surface area contributed by atoms with Crippen LogP contribution >= 0.6 is 0 Å². The van der Waals surface area contributed by atoms with Crippen molar-refractivity contribution in [3.05, 3.63) is 29.5 Å². The van der Waals surface area contributed by atoms with Crippen LogP contribution in [0.1, 0.15) is 36.3 Å². The zero-order valence-electron chi connectivity index (χ0n) is 15.3. The maximum Gasteiger partial charge on any atom is 0.270 e. The second-order valence-corrected chi connectivity index (χ2v) is 8.46. The Morgan fingerprint density at radius 2 is 2.20 bits per heavy atom. The lowest BCUT2D eigenvalue weighted by Crippen LogP contribution is -2.54. The van der Waals surface area contributed by atoms with Crippen LogP contribution in [0.3, 0.4) is 0 Å². The molecular weight excluding hydrogens is 316 g/mol. The molecule has 1 saturated heterocycles. The molecule has 1 amide bonds.